The van der Waals surface area contributed by atoms with Crippen LogP contribution in [0.3, 0.4) is 0 Å². The first-order chi connectivity index (χ1) is 6.56. The molecular weight excluding hydrogens is 176 g/mol. The van der Waals surface area contributed by atoms with E-state index < -0.39 is 0 Å². The highest BCUT2D eigenvalue weighted by Crippen LogP contribution is 2.08. The van der Waals surface area contributed by atoms with E-state index in [2.05, 4.69) is 25.9 Å². The van der Waals surface area contributed by atoms with Crippen LogP contribution in [-0.4, -0.2) is 9.78 Å². The van der Waals surface area contributed by atoms with E-state index in [1.54, 1.807) is 0 Å². The molecule has 1 N–H and O–H groups in total. The lowest BCUT2D eigenvalue weighted by molar-refractivity contribution is 0.465. The summed E-state index contributed by atoms with van der Waals surface area (Å²) in [5.41, 5.74) is 2.12. The lowest BCUT2D eigenvalue weighted by Crippen LogP contribution is -2.11. The molecule has 0 aliphatic carbocycles. The van der Waals surface area contributed by atoms with Gasteiger partial charge in [-0.25, -0.2) is 0 Å². The summed E-state index contributed by atoms with van der Waals surface area (Å²) in [4.78, 5) is 11.4. The minimum atomic E-state index is 0.0640. The van der Waals surface area contributed by atoms with Gasteiger partial charge in [-0.05, 0) is 19.3 Å². The van der Waals surface area contributed by atoms with Crippen LogP contribution in [0.4, 0.5) is 0 Å². The minimum absolute atomic E-state index is 0.0640. The van der Waals surface area contributed by atoms with Gasteiger partial charge in [-0.15, -0.1) is 0 Å². The molecule has 1 rings (SSSR count). The van der Waals surface area contributed by atoms with Crippen molar-refractivity contribution in [1.82, 2.24) is 9.78 Å². The number of nitrogens with zero attached hydrogens (tertiary/aromatic N) is 1. The normalized spacial score (nSPS) is 11.2. The molecule has 3 nitrogen and oxygen atoms in total. The average Bonchev–Trinajstić information content (AvgIpc) is 2.32. The first-order valence-corrected chi connectivity index (χ1v) is 5.34. The zero-order valence-corrected chi connectivity index (χ0v) is 9.55. The third-order valence-electron chi connectivity index (χ3n) is 2.37. The van der Waals surface area contributed by atoms with Crippen LogP contribution in [0.5, 0.6) is 0 Å². The fourth-order valence-corrected chi connectivity index (χ4v) is 1.69. The zero-order chi connectivity index (χ0) is 10.7. The Morgan fingerprint density at radius 2 is 2.07 bits per heavy atom. The van der Waals surface area contributed by atoms with Crippen molar-refractivity contribution >= 4 is 0 Å². The molecule has 0 spiro atoms. The van der Waals surface area contributed by atoms with E-state index in [0.717, 1.165) is 24.9 Å². The number of hydrogen-bond acceptors (Lipinski definition) is 1. The van der Waals surface area contributed by atoms with Gasteiger partial charge in [-0.2, -0.15) is 0 Å². The average molecular weight is 196 g/mol. The monoisotopic (exact) mass is 196 g/mol. The van der Waals surface area contributed by atoms with Crippen LogP contribution in [-0.2, 0) is 13.0 Å². The number of aromatic nitrogens is 2. The smallest absolute Gasteiger partial charge is 0.267 e. The Morgan fingerprint density at radius 1 is 1.43 bits per heavy atom. The number of hydrogen-bond donors (Lipinski definition) is 1. The van der Waals surface area contributed by atoms with Crippen molar-refractivity contribution < 1.29 is 0 Å². The molecule has 0 amide bonds. The molecule has 3 heteroatoms. The standard InChI is InChI=1S/C11H20N2O/c1-5-6-10-9(4)11(14)12-13(10)7-8(2)3/h8H,5-7H2,1-4H3,(H,12,14). The van der Waals surface area contributed by atoms with E-state index >= 15 is 0 Å². The van der Waals surface area contributed by atoms with Gasteiger partial charge in [0.05, 0.1) is 0 Å². The van der Waals surface area contributed by atoms with Crippen LogP contribution in [0.15, 0.2) is 4.79 Å². The molecule has 14 heavy (non-hydrogen) atoms. The summed E-state index contributed by atoms with van der Waals surface area (Å²) in [6.45, 7) is 9.25. The molecule has 0 saturated carbocycles. The molecule has 1 aromatic rings. The summed E-state index contributed by atoms with van der Waals surface area (Å²) in [7, 11) is 0. The SMILES string of the molecule is CCCc1c(C)c(=O)[nH]n1CC(C)C. The van der Waals surface area contributed by atoms with Crippen molar-refractivity contribution in [2.45, 2.75) is 47.1 Å². The number of H-pyrrole nitrogens is 1. The van der Waals surface area contributed by atoms with Crippen molar-refractivity contribution in [3.05, 3.63) is 21.6 Å². The van der Waals surface area contributed by atoms with E-state index in [4.69, 9.17) is 0 Å². The summed E-state index contributed by atoms with van der Waals surface area (Å²) in [5, 5.41) is 2.89. The van der Waals surface area contributed by atoms with Gasteiger partial charge in [-0.1, -0.05) is 27.2 Å². The van der Waals surface area contributed by atoms with Crippen molar-refractivity contribution in [2.24, 2.45) is 5.92 Å². The van der Waals surface area contributed by atoms with E-state index in [9.17, 15) is 4.79 Å². The Labute approximate surface area is 85.1 Å². The lowest BCUT2D eigenvalue weighted by Gasteiger charge is -2.10. The molecule has 0 aliphatic heterocycles. The number of nitrogens with one attached hydrogen (secondary N) is 1. The molecule has 0 fully saturated rings. The maximum Gasteiger partial charge on any atom is 0.267 e. The third-order valence-corrected chi connectivity index (χ3v) is 2.37. The van der Waals surface area contributed by atoms with Gasteiger partial charge in [0, 0.05) is 17.8 Å². The van der Waals surface area contributed by atoms with Gasteiger partial charge in [0.25, 0.3) is 5.56 Å². The largest absolute Gasteiger partial charge is 0.289 e. The highest BCUT2D eigenvalue weighted by atomic mass is 16.1. The van der Waals surface area contributed by atoms with Gasteiger partial charge in [-0.3, -0.25) is 14.6 Å². The summed E-state index contributed by atoms with van der Waals surface area (Å²) < 4.78 is 2.01. The van der Waals surface area contributed by atoms with Crippen LogP contribution in [0, 0.1) is 12.8 Å². The highest BCUT2D eigenvalue weighted by Gasteiger charge is 2.10. The van der Waals surface area contributed by atoms with Crippen molar-refractivity contribution in [2.75, 3.05) is 0 Å². The van der Waals surface area contributed by atoms with Crippen LogP contribution < -0.4 is 5.56 Å². The molecule has 0 saturated heterocycles. The Kier molecular flexibility index (Phi) is 3.55. The first kappa shape index (κ1) is 11.1. The molecule has 0 bridgehead atoms. The molecule has 0 aliphatic rings. The van der Waals surface area contributed by atoms with Crippen LogP contribution in [0.1, 0.15) is 38.4 Å². The highest BCUT2D eigenvalue weighted by molar-refractivity contribution is 5.16. The van der Waals surface area contributed by atoms with Gasteiger partial charge in [0.2, 0.25) is 0 Å². The molecule has 1 heterocycles. The summed E-state index contributed by atoms with van der Waals surface area (Å²) in [6.07, 6.45) is 2.06. The lowest BCUT2D eigenvalue weighted by atomic mass is 10.1. The van der Waals surface area contributed by atoms with Gasteiger partial charge in [0.15, 0.2) is 0 Å². The van der Waals surface area contributed by atoms with E-state index in [1.165, 1.54) is 5.69 Å². The van der Waals surface area contributed by atoms with Gasteiger partial charge >= 0.3 is 0 Å². The predicted molar refractivity (Wildman–Crippen MR) is 58.6 cm³/mol. The van der Waals surface area contributed by atoms with Crippen molar-refractivity contribution in [1.29, 1.82) is 0 Å². The molecule has 0 unspecified atom stereocenters. The van der Waals surface area contributed by atoms with Gasteiger partial charge < -0.3 is 0 Å². The van der Waals surface area contributed by atoms with Crippen molar-refractivity contribution in [3.8, 4) is 0 Å². The molecule has 0 atom stereocenters. The fraction of sp³-hybridized carbons (Fsp3) is 0.727. The summed E-state index contributed by atoms with van der Waals surface area (Å²) in [6, 6.07) is 0. The molecule has 1 aromatic heterocycles. The van der Waals surface area contributed by atoms with E-state index in [1.807, 2.05) is 11.6 Å². The maximum absolute atomic E-state index is 11.4. The second-order valence-corrected chi connectivity index (χ2v) is 4.27. The topological polar surface area (TPSA) is 37.8 Å². The fourth-order valence-electron chi connectivity index (χ4n) is 1.69. The zero-order valence-electron chi connectivity index (χ0n) is 9.55. The van der Waals surface area contributed by atoms with Crippen LogP contribution >= 0.6 is 0 Å². The molecule has 80 valence electrons. The second-order valence-electron chi connectivity index (χ2n) is 4.27. The van der Waals surface area contributed by atoms with Gasteiger partial charge in [0.1, 0.15) is 0 Å². The summed E-state index contributed by atoms with van der Waals surface area (Å²) in [5.74, 6) is 0.563. The van der Waals surface area contributed by atoms with Crippen LogP contribution in [0.2, 0.25) is 0 Å². The predicted octanol–water partition coefficient (Wildman–Crippen LogP) is 2.09. The second kappa shape index (κ2) is 4.49. The van der Waals surface area contributed by atoms with E-state index in [0.29, 0.717) is 5.92 Å². The summed E-state index contributed by atoms with van der Waals surface area (Å²) >= 11 is 0. The Morgan fingerprint density at radius 3 is 2.57 bits per heavy atom. The Hall–Kier alpha value is -0.990. The molecule has 0 aromatic carbocycles. The van der Waals surface area contributed by atoms with E-state index in [-0.39, 0.29) is 5.56 Å². The minimum Gasteiger partial charge on any atom is -0.289 e. The third kappa shape index (κ3) is 2.28. The Bertz CT molecular complexity index is 347. The number of aromatic amines is 1. The molecular formula is C11H20N2O. The first-order valence-electron chi connectivity index (χ1n) is 5.34. The quantitative estimate of drug-likeness (QED) is 0.786. The molecule has 0 radical (unpaired) electrons. The Balaban J connectivity index is 3.02. The van der Waals surface area contributed by atoms with Crippen molar-refractivity contribution in [3.63, 3.8) is 0 Å². The van der Waals surface area contributed by atoms with Crippen LogP contribution in [0.25, 0.3) is 0 Å². The maximum atomic E-state index is 11.4. The number of rotatable bonds is 4.